The van der Waals surface area contributed by atoms with Crippen molar-refractivity contribution in [2.24, 2.45) is 0 Å². The van der Waals surface area contributed by atoms with Gasteiger partial charge < -0.3 is 5.32 Å². The van der Waals surface area contributed by atoms with Gasteiger partial charge >= 0.3 is 0 Å². The van der Waals surface area contributed by atoms with Gasteiger partial charge in [-0.3, -0.25) is 14.9 Å². The number of carbonyl (C=O) groups is 1. The van der Waals surface area contributed by atoms with Crippen molar-refractivity contribution in [2.45, 2.75) is 13.0 Å². The number of nitro benzene ring substituents is 1. The van der Waals surface area contributed by atoms with Crippen molar-refractivity contribution >= 4 is 29.3 Å². The molecule has 2 aromatic rings. The molecule has 118 valence electrons. The third-order valence-electron chi connectivity index (χ3n) is 3.26. The predicted octanol–water partition coefficient (Wildman–Crippen LogP) is 4.14. The lowest BCUT2D eigenvalue weighted by Gasteiger charge is -2.14. The van der Waals surface area contributed by atoms with E-state index >= 15 is 0 Å². The van der Waals surface area contributed by atoms with Gasteiger partial charge in [0.25, 0.3) is 5.69 Å². The van der Waals surface area contributed by atoms with Crippen LogP contribution in [-0.2, 0) is 4.79 Å². The number of non-ortho nitro benzene ring substituents is 1. The molecule has 0 bridgehead atoms. The first-order valence-corrected chi connectivity index (χ1v) is 7.32. The number of benzene rings is 2. The van der Waals surface area contributed by atoms with Crippen LogP contribution in [0.4, 0.5) is 5.69 Å². The molecule has 0 aliphatic carbocycles. The van der Waals surface area contributed by atoms with Crippen molar-refractivity contribution in [1.82, 2.24) is 5.32 Å². The third-order valence-corrected chi connectivity index (χ3v) is 3.61. The molecule has 0 fully saturated rings. The summed E-state index contributed by atoms with van der Waals surface area (Å²) in [5, 5.41) is 14.0. The van der Waals surface area contributed by atoms with Crippen LogP contribution in [0.2, 0.25) is 5.02 Å². The summed E-state index contributed by atoms with van der Waals surface area (Å²) in [6.07, 6.45) is 2.98. The molecular weight excluding hydrogens is 316 g/mol. The van der Waals surface area contributed by atoms with Gasteiger partial charge in [-0.25, -0.2) is 0 Å². The quantitative estimate of drug-likeness (QED) is 0.508. The van der Waals surface area contributed by atoms with Gasteiger partial charge in [0.2, 0.25) is 5.91 Å². The smallest absolute Gasteiger partial charge is 0.269 e. The van der Waals surface area contributed by atoms with Crippen LogP contribution in [0.5, 0.6) is 0 Å². The first-order valence-electron chi connectivity index (χ1n) is 6.95. The van der Waals surface area contributed by atoms with Gasteiger partial charge in [-0.15, -0.1) is 0 Å². The number of nitrogens with zero attached hydrogens (tertiary/aromatic N) is 1. The van der Waals surface area contributed by atoms with E-state index in [2.05, 4.69) is 5.32 Å². The summed E-state index contributed by atoms with van der Waals surface area (Å²) in [5.41, 5.74) is 1.56. The largest absolute Gasteiger partial charge is 0.346 e. The lowest BCUT2D eigenvalue weighted by atomic mass is 10.1. The minimum Gasteiger partial charge on any atom is -0.346 e. The van der Waals surface area contributed by atoms with E-state index in [1.807, 2.05) is 25.1 Å². The summed E-state index contributed by atoms with van der Waals surface area (Å²) < 4.78 is 0. The Balaban J connectivity index is 1.99. The average Bonchev–Trinajstić information content (AvgIpc) is 2.53. The Morgan fingerprint density at radius 3 is 2.48 bits per heavy atom. The molecule has 0 aromatic heterocycles. The van der Waals surface area contributed by atoms with Crippen LogP contribution in [0.1, 0.15) is 24.1 Å². The maximum atomic E-state index is 11.9. The fourth-order valence-corrected chi connectivity index (χ4v) is 2.34. The first-order chi connectivity index (χ1) is 11.0. The zero-order valence-electron chi connectivity index (χ0n) is 12.4. The van der Waals surface area contributed by atoms with Crippen molar-refractivity contribution in [3.05, 3.63) is 80.9 Å². The summed E-state index contributed by atoms with van der Waals surface area (Å²) in [5.74, 6) is -0.268. The normalized spacial score (nSPS) is 12.1. The third kappa shape index (κ3) is 4.66. The van der Waals surface area contributed by atoms with E-state index in [1.165, 1.54) is 18.2 Å². The van der Waals surface area contributed by atoms with Gasteiger partial charge in [-0.05, 0) is 42.3 Å². The zero-order valence-corrected chi connectivity index (χ0v) is 13.2. The molecule has 0 aliphatic rings. The monoisotopic (exact) mass is 330 g/mol. The molecule has 0 radical (unpaired) electrons. The van der Waals surface area contributed by atoms with Crippen LogP contribution in [0.25, 0.3) is 6.08 Å². The fraction of sp³-hybridized carbons (Fsp3) is 0.118. The van der Waals surface area contributed by atoms with Crippen LogP contribution in [0, 0.1) is 10.1 Å². The number of rotatable bonds is 5. The van der Waals surface area contributed by atoms with E-state index in [0.717, 1.165) is 5.56 Å². The van der Waals surface area contributed by atoms with E-state index in [1.54, 1.807) is 24.3 Å². The second-order valence-electron chi connectivity index (χ2n) is 4.93. The molecule has 5 nitrogen and oxygen atoms in total. The van der Waals surface area contributed by atoms with Gasteiger partial charge in [-0.1, -0.05) is 29.8 Å². The van der Waals surface area contributed by atoms with Crippen LogP contribution in [0.3, 0.4) is 0 Å². The zero-order chi connectivity index (χ0) is 16.8. The maximum Gasteiger partial charge on any atom is 0.269 e. The topological polar surface area (TPSA) is 72.2 Å². The highest BCUT2D eigenvalue weighted by atomic mass is 35.5. The van der Waals surface area contributed by atoms with Gasteiger partial charge in [0, 0.05) is 23.2 Å². The van der Waals surface area contributed by atoms with E-state index in [4.69, 9.17) is 11.6 Å². The SMILES string of the molecule is CC(NC(=O)/C=C/c1ccc([N+](=O)[O-])cc1)c1ccccc1Cl. The molecule has 2 rings (SSSR count). The summed E-state index contributed by atoms with van der Waals surface area (Å²) >= 11 is 6.09. The second kappa shape index (κ2) is 7.56. The molecular formula is C17H15ClN2O3. The Morgan fingerprint density at radius 2 is 1.87 bits per heavy atom. The Bertz CT molecular complexity index is 742. The second-order valence-corrected chi connectivity index (χ2v) is 5.34. The summed E-state index contributed by atoms with van der Waals surface area (Å²) in [7, 11) is 0. The minimum absolute atomic E-state index is 0.0129. The molecule has 0 aliphatic heterocycles. The molecule has 1 atom stereocenters. The molecule has 2 aromatic carbocycles. The summed E-state index contributed by atoms with van der Waals surface area (Å²) in [6, 6.07) is 13.0. The number of hydrogen-bond donors (Lipinski definition) is 1. The van der Waals surface area contributed by atoms with Crippen molar-refractivity contribution in [2.75, 3.05) is 0 Å². The van der Waals surface area contributed by atoms with Crippen molar-refractivity contribution in [3.8, 4) is 0 Å². The summed E-state index contributed by atoms with van der Waals surface area (Å²) in [6.45, 7) is 1.85. The average molecular weight is 331 g/mol. The van der Waals surface area contributed by atoms with Crippen molar-refractivity contribution in [1.29, 1.82) is 0 Å². The molecule has 23 heavy (non-hydrogen) atoms. The molecule has 0 spiro atoms. The van der Waals surface area contributed by atoms with Crippen LogP contribution in [0.15, 0.2) is 54.6 Å². The number of nitrogens with one attached hydrogen (secondary N) is 1. The number of carbonyl (C=O) groups excluding carboxylic acids is 1. The first kappa shape index (κ1) is 16.7. The van der Waals surface area contributed by atoms with E-state index in [9.17, 15) is 14.9 Å². The predicted molar refractivity (Wildman–Crippen MR) is 90.1 cm³/mol. The highest BCUT2D eigenvalue weighted by Gasteiger charge is 2.10. The van der Waals surface area contributed by atoms with Crippen molar-refractivity contribution in [3.63, 3.8) is 0 Å². The Morgan fingerprint density at radius 1 is 1.22 bits per heavy atom. The van der Waals surface area contributed by atoms with Crippen LogP contribution < -0.4 is 5.32 Å². The maximum absolute atomic E-state index is 11.9. The van der Waals surface area contributed by atoms with E-state index in [-0.39, 0.29) is 17.6 Å². The highest BCUT2D eigenvalue weighted by molar-refractivity contribution is 6.31. The molecule has 0 saturated carbocycles. The minimum atomic E-state index is -0.467. The van der Waals surface area contributed by atoms with Crippen LogP contribution in [-0.4, -0.2) is 10.8 Å². The van der Waals surface area contributed by atoms with E-state index < -0.39 is 4.92 Å². The molecule has 6 heteroatoms. The van der Waals surface area contributed by atoms with Gasteiger partial charge in [0.05, 0.1) is 11.0 Å². The molecule has 1 amide bonds. The van der Waals surface area contributed by atoms with Gasteiger partial charge in [-0.2, -0.15) is 0 Å². The molecule has 0 saturated heterocycles. The highest BCUT2D eigenvalue weighted by Crippen LogP contribution is 2.22. The standard InChI is InChI=1S/C17H15ClN2O3/c1-12(15-4-2-3-5-16(15)18)19-17(21)11-8-13-6-9-14(10-7-13)20(22)23/h2-12H,1H3,(H,19,21)/b11-8+. The lowest BCUT2D eigenvalue weighted by Crippen LogP contribution is -2.24. The number of amides is 1. The Labute approximate surface area is 138 Å². The Kier molecular flexibility index (Phi) is 5.49. The van der Waals surface area contributed by atoms with Crippen molar-refractivity contribution < 1.29 is 9.72 Å². The molecule has 1 unspecified atom stereocenters. The van der Waals surface area contributed by atoms with Crippen LogP contribution >= 0.6 is 11.6 Å². The van der Waals surface area contributed by atoms with Gasteiger partial charge in [0.1, 0.15) is 0 Å². The Hall–Kier alpha value is -2.66. The number of nitro groups is 1. The molecule has 0 heterocycles. The van der Waals surface area contributed by atoms with E-state index in [0.29, 0.717) is 10.6 Å². The van der Waals surface area contributed by atoms with Gasteiger partial charge in [0.15, 0.2) is 0 Å². The lowest BCUT2D eigenvalue weighted by molar-refractivity contribution is -0.384. The fourth-order valence-electron chi connectivity index (χ4n) is 2.04. The number of halogens is 1. The molecule has 1 N–H and O–H groups in total. The number of hydrogen-bond acceptors (Lipinski definition) is 3. The summed E-state index contributed by atoms with van der Waals surface area (Å²) in [4.78, 5) is 22.0.